The lowest BCUT2D eigenvalue weighted by Gasteiger charge is -2.22. The smallest absolute Gasteiger partial charge is 0.246 e. The average Bonchev–Trinajstić information content (AvgIpc) is 2.84. The normalized spacial score (nSPS) is 30.1. The molecule has 2 saturated heterocycles. The van der Waals surface area contributed by atoms with Gasteiger partial charge in [0.15, 0.2) is 0 Å². The van der Waals surface area contributed by atoms with E-state index in [0.717, 1.165) is 12.8 Å². The maximum atomic E-state index is 11.9. The topological polar surface area (TPSA) is 73.2 Å². The molecule has 15 heavy (non-hydrogen) atoms. The van der Waals surface area contributed by atoms with Gasteiger partial charge in [-0.1, -0.05) is 0 Å². The molecule has 0 bridgehead atoms. The van der Waals surface area contributed by atoms with Gasteiger partial charge in [-0.15, -0.1) is 0 Å². The van der Waals surface area contributed by atoms with E-state index >= 15 is 0 Å². The van der Waals surface area contributed by atoms with Crippen molar-refractivity contribution in [3.05, 3.63) is 0 Å². The zero-order valence-corrected chi connectivity index (χ0v) is 8.40. The number of likely N-dealkylation sites (tertiary alicyclic amines) is 1. The summed E-state index contributed by atoms with van der Waals surface area (Å²) in [5.41, 5.74) is 0. The fraction of sp³-hybridized carbons (Fsp3) is 0.700. The maximum Gasteiger partial charge on any atom is 0.246 e. The molecule has 2 fully saturated rings. The molecule has 1 N–H and O–H groups in total. The maximum absolute atomic E-state index is 11.9. The fourth-order valence-corrected chi connectivity index (χ4v) is 2.16. The molecule has 0 spiro atoms. The van der Waals surface area contributed by atoms with Crippen LogP contribution in [-0.4, -0.2) is 35.3 Å². The van der Waals surface area contributed by atoms with Gasteiger partial charge in [-0.25, -0.2) is 0 Å². The van der Waals surface area contributed by atoms with Crippen molar-refractivity contribution in [2.45, 2.75) is 37.8 Å². The molecular formula is C10H13N3O2. The molecule has 2 atom stereocenters. The van der Waals surface area contributed by atoms with Gasteiger partial charge in [0.2, 0.25) is 11.8 Å². The Labute approximate surface area is 88.0 Å². The van der Waals surface area contributed by atoms with Gasteiger partial charge in [-0.05, 0) is 19.3 Å². The number of nitriles is 1. The fourth-order valence-electron chi connectivity index (χ4n) is 2.16. The largest absolute Gasteiger partial charge is 0.344 e. The van der Waals surface area contributed by atoms with Crippen LogP contribution >= 0.6 is 0 Å². The minimum Gasteiger partial charge on any atom is -0.344 e. The van der Waals surface area contributed by atoms with Gasteiger partial charge in [0, 0.05) is 13.0 Å². The van der Waals surface area contributed by atoms with Crippen molar-refractivity contribution in [1.29, 1.82) is 5.26 Å². The third-order valence-corrected chi connectivity index (χ3v) is 2.98. The van der Waals surface area contributed by atoms with E-state index in [1.165, 1.54) is 0 Å². The Morgan fingerprint density at radius 2 is 2.33 bits per heavy atom. The highest BCUT2D eigenvalue weighted by Crippen LogP contribution is 2.19. The highest BCUT2D eigenvalue weighted by molar-refractivity contribution is 5.91. The molecule has 0 saturated carbocycles. The first kappa shape index (κ1) is 9.97. The molecule has 2 amide bonds. The first-order valence-electron chi connectivity index (χ1n) is 5.22. The zero-order chi connectivity index (χ0) is 10.8. The predicted octanol–water partition coefficient (Wildman–Crippen LogP) is -0.220. The number of amides is 2. The second-order valence-corrected chi connectivity index (χ2v) is 3.98. The van der Waals surface area contributed by atoms with E-state index in [2.05, 4.69) is 11.4 Å². The van der Waals surface area contributed by atoms with Crippen molar-refractivity contribution in [3.63, 3.8) is 0 Å². The Morgan fingerprint density at radius 1 is 1.53 bits per heavy atom. The Kier molecular flexibility index (Phi) is 2.58. The van der Waals surface area contributed by atoms with Crippen molar-refractivity contribution in [2.24, 2.45) is 0 Å². The quantitative estimate of drug-likeness (QED) is 0.646. The van der Waals surface area contributed by atoms with Crippen molar-refractivity contribution in [1.82, 2.24) is 10.2 Å². The van der Waals surface area contributed by atoms with Gasteiger partial charge in [0.25, 0.3) is 0 Å². The Hall–Kier alpha value is -1.57. The van der Waals surface area contributed by atoms with Crippen molar-refractivity contribution in [3.8, 4) is 6.07 Å². The predicted molar refractivity (Wildman–Crippen MR) is 51.5 cm³/mol. The van der Waals surface area contributed by atoms with Crippen LogP contribution < -0.4 is 5.32 Å². The zero-order valence-electron chi connectivity index (χ0n) is 8.40. The summed E-state index contributed by atoms with van der Waals surface area (Å²) in [6.07, 6.45) is 2.61. The monoisotopic (exact) mass is 207 g/mol. The summed E-state index contributed by atoms with van der Waals surface area (Å²) in [6.45, 7) is 0.642. The Balaban J connectivity index is 2.02. The molecule has 5 heteroatoms. The number of nitrogens with one attached hydrogen (secondary N) is 1. The van der Waals surface area contributed by atoms with E-state index in [-0.39, 0.29) is 17.9 Å². The van der Waals surface area contributed by atoms with E-state index in [4.69, 9.17) is 5.26 Å². The van der Waals surface area contributed by atoms with Crippen LogP contribution in [0.25, 0.3) is 0 Å². The molecule has 0 aliphatic carbocycles. The molecule has 2 aliphatic rings. The molecule has 0 aromatic rings. The molecule has 0 aromatic carbocycles. The molecule has 0 unspecified atom stereocenters. The number of carbonyl (C=O) groups is 2. The van der Waals surface area contributed by atoms with E-state index in [1.54, 1.807) is 4.90 Å². The second kappa shape index (κ2) is 3.89. The summed E-state index contributed by atoms with van der Waals surface area (Å²) in [6, 6.07) is 1.43. The van der Waals surface area contributed by atoms with Crippen LogP contribution in [0.2, 0.25) is 0 Å². The van der Waals surface area contributed by atoms with Gasteiger partial charge in [0.05, 0.1) is 6.07 Å². The van der Waals surface area contributed by atoms with E-state index in [9.17, 15) is 9.59 Å². The molecule has 2 rings (SSSR count). The number of carbonyl (C=O) groups excluding carboxylic acids is 2. The lowest BCUT2D eigenvalue weighted by molar-refractivity contribution is -0.134. The summed E-state index contributed by atoms with van der Waals surface area (Å²) >= 11 is 0. The molecule has 80 valence electrons. The third-order valence-electron chi connectivity index (χ3n) is 2.98. The van der Waals surface area contributed by atoms with Gasteiger partial charge >= 0.3 is 0 Å². The van der Waals surface area contributed by atoms with Crippen LogP contribution in [0, 0.1) is 11.3 Å². The van der Waals surface area contributed by atoms with Crippen LogP contribution in [0.4, 0.5) is 0 Å². The molecule has 5 nitrogen and oxygen atoms in total. The Morgan fingerprint density at radius 3 is 2.93 bits per heavy atom. The molecule has 0 aromatic heterocycles. The van der Waals surface area contributed by atoms with Gasteiger partial charge in [-0.3, -0.25) is 9.59 Å². The van der Waals surface area contributed by atoms with Crippen LogP contribution in [0.1, 0.15) is 25.7 Å². The van der Waals surface area contributed by atoms with Crippen LogP contribution in [-0.2, 0) is 9.59 Å². The van der Waals surface area contributed by atoms with Crippen molar-refractivity contribution in [2.75, 3.05) is 6.54 Å². The number of hydrogen-bond donors (Lipinski definition) is 1. The number of hydrogen-bond acceptors (Lipinski definition) is 3. The first-order chi connectivity index (χ1) is 7.22. The Bertz CT molecular complexity index is 334. The summed E-state index contributed by atoms with van der Waals surface area (Å²) in [5, 5.41) is 11.5. The highest BCUT2D eigenvalue weighted by Gasteiger charge is 2.36. The standard InChI is InChI=1S/C10H13N3O2/c11-6-7-2-1-5-13(7)10(15)8-3-4-9(14)12-8/h7-8H,1-5H2,(H,12,14)/t7-,8-/m0/s1. The van der Waals surface area contributed by atoms with Crippen LogP contribution in [0.5, 0.6) is 0 Å². The lowest BCUT2D eigenvalue weighted by Crippen LogP contribution is -2.46. The van der Waals surface area contributed by atoms with Gasteiger partial charge in [0.1, 0.15) is 12.1 Å². The summed E-state index contributed by atoms with van der Waals surface area (Å²) < 4.78 is 0. The van der Waals surface area contributed by atoms with Crippen molar-refractivity contribution >= 4 is 11.8 Å². The number of nitrogens with zero attached hydrogens (tertiary/aromatic N) is 2. The molecule has 2 heterocycles. The van der Waals surface area contributed by atoms with Gasteiger partial charge < -0.3 is 10.2 Å². The lowest BCUT2D eigenvalue weighted by atomic mass is 10.2. The summed E-state index contributed by atoms with van der Waals surface area (Å²) in [7, 11) is 0. The molecular weight excluding hydrogens is 194 g/mol. The van der Waals surface area contributed by atoms with E-state index in [1.807, 2.05) is 0 Å². The molecule has 0 radical (unpaired) electrons. The summed E-state index contributed by atoms with van der Waals surface area (Å²) in [5.74, 6) is -0.161. The van der Waals surface area contributed by atoms with E-state index < -0.39 is 6.04 Å². The van der Waals surface area contributed by atoms with Crippen molar-refractivity contribution < 1.29 is 9.59 Å². The minimum absolute atomic E-state index is 0.0685. The van der Waals surface area contributed by atoms with Crippen LogP contribution in [0.15, 0.2) is 0 Å². The second-order valence-electron chi connectivity index (χ2n) is 3.98. The minimum atomic E-state index is -0.397. The number of rotatable bonds is 1. The van der Waals surface area contributed by atoms with Gasteiger partial charge in [-0.2, -0.15) is 5.26 Å². The SMILES string of the molecule is N#C[C@@H]1CCCN1C(=O)[C@@H]1CCC(=O)N1. The first-order valence-corrected chi connectivity index (χ1v) is 5.22. The third kappa shape index (κ3) is 1.80. The average molecular weight is 207 g/mol. The summed E-state index contributed by atoms with van der Waals surface area (Å²) in [4.78, 5) is 24.5. The van der Waals surface area contributed by atoms with E-state index in [0.29, 0.717) is 19.4 Å². The highest BCUT2D eigenvalue weighted by atomic mass is 16.2. The van der Waals surface area contributed by atoms with Crippen LogP contribution in [0.3, 0.4) is 0 Å². The molecule has 2 aliphatic heterocycles.